The van der Waals surface area contributed by atoms with Gasteiger partial charge in [0, 0.05) is 6.54 Å². The molecule has 0 atom stereocenters. The van der Waals surface area contributed by atoms with E-state index in [9.17, 15) is 10.1 Å². The smallest absolute Gasteiger partial charge is 0.240 e. The van der Waals surface area contributed by atoms with E-state index in [1.54, 1.807) is 6.33 Å². The number of nitrogens with one attached hydrogen (secondary N) is 1. The number of carbonyl (C=O) groups is 1. The number of hydrogen-bond acceptors (Lipinski definition) is 4. The molecule has 18 heavy (non-hydrogen) atoms. The summed E-state index contributed by atoms with van der Waals surface area (Å²) in [6, 6.07) is 2.18. The molecule has 0 unspecified atom stereocenters. The average molecular weight is 247 g/mol. The number of amides is 1. The molecule has 1 fully saturated rings. The van der Waals surface area contributed by atoms with E-state index in [0.29, 0.717) is 19.4 Å². The van der Waals surface area contributed by atoms with Crippen molar-refractivity contribution in [3.8, 4) is 6.07 Å². The lowest BCUT2D eigenvalue weighted by Crippen LogP contribution is -2.38. The molecule has 1 aromatic rings. The fourth-order valence-electron chi connectivity index (χ4n) is 2.38. The Bertz CT molecular complexity index is 467. The monoisotopic (exact) mass is 247 g/mol. The van der Waals surface area contributed by atoms with E-state index in [-0.39, 0.29) is 5.91 Å². The van der Waals surface area contributed by atoms with Crippen LogP contribution >= 0.6 is 0 Å². The molecule has 0 bridgehead atoms. The zero-order valence-corrected chi connectivity index (χ0v) is 10.5. The molecule has 1 aliphatic rings. The second-order valence-electron chi connectivity index (χ2n) is 4.62. The normalized spacial score (nSPS) is 17.3. The minimum absolute atomic E-state index is 0.173. The molecule has 1 heterocycles. The topological polar surface area (TPSA) is 83.6 Å². The second-order valence-corrected chi connectivity index (χ2v) is 4.62. The Labute approximate surface area is 106 Å². The third-order valence-corrected chi connectivity index (χ3v) is 3.55. The maximum atomic E-state index is 12.1. The molecule has 1 saturated carbocycles. The van der Waals surface area contributed by atoms with Crippen molar-refractivity contribution >= 4 is 5.91 Å². The Morgan fingerprint density at radius 3 is 2.94 bits per heavy atom. The van der Waals surface area contributed by atoms with Crippen LogP contribution in [0.3, 0.4) is 0 Å². The molecule has 1 amide bonds. The van der Waals surface area contributed by atoms with Gasteiger partial charge in [-0.3, -0.25) is 4.79 Å². The van der Waals surface area contributed by atoms with Gasteiger partial charge < -0.3 is 9.88 Å². The van der Waals surface area contributed by atoms with Gasteiger partial charge in [-0.1, -0.05) is 12.8 Å². The SMILES string of the molecule is CCn1cnnc1CNC(=O)C1(C#N)CCCC1. The van der Waals surface area contributed by atoms with Crippen molar-refractivity contribution in [3.63, 3.8) is 0 Å². The van der Waals surface area contributed by atoms with Gasteiger partial charge in [0.25, 0.3) is 0 Å². The molecule has 1 N–H and O–H groups in total. The minimum atomic E-state index is -0.822. The highest BCUT2D eigenvalue weighted by Gasteiger charge is 2.41. The first-order valence-electron chi connectivity index (χ1n) is 6.28. The fraction of sp³-hybridized carbons (Fsp3) is 0.667. The Morgan fingerprint density at radius 1 is 1.61 bits per heavy atom. The molecule has 96 valence electrons. The zero-order valence-electron chi connectivity index (χ0n) is 10.5. The van der Waals surface area contributed by atoms with Crippen LogP contribution in [0.5, 0.6) is 0 Å². The van der Waals surface area contributed by atoms with Gasteiger partial charge >= 0.3 is 0 Å². The first-order chi connectivity index (χ1) is 8.72. The summed E-state index contributed by atoms with van der Waals surface area (Å²) in [7, 11) is 0. The van der Waals surface area contributed by atoms with Crippen LogP contribution in [-0.2, 0) is 17.9 Å². The van der Waals surface area contributed by atoms with Crippen LogP contribution in [0.15, 0.2) is 6.33 Å². The van der Waals surface area contributed by atoms with Gasteiger partial charge in [-0.05, 0) is 19.8 Å². The molecule has 0 radical (unpaired) electrons. The lowest BCUT2D eigenvalue weighted by molar-refractivity contribution is -0.128. The van der Waals surface area contributed by atoms with Gasteiger partial charge in [0.05, 0.1) is 12.6 Å². The predicted octanol–water partition coefficient (Wildman–Crippen LogP) is 0.998. The molecule has 6 nitrogen and oxygen atoms in total. The molecule has 0 saturated heterocycles. The van der Waals surface area contributed by atoms with Gasteiger partial charge in [0.2, 0.25) is 5.91 Å². The van der Waals surface area contributed by atoms with Crippen molar-refractivity contribution in [3.05, 3.63) is 12.2 Å². The number of rotatable bonds is 4. The minimum Gasteiger partial charge on any atom is -0.347 e. The van der Waals surface area contributed by atoms with Crippen LogP contribution in [0.2, 0.25) is 0 Å². The summed E-state index contributed by atoms with van der Waals surface area (Å²) in [4.78, 5) is 12.1. The van der Waals surface area contributed by atoms with Crippen molar-refractivity contribution in [2.24, 2.45) is 5.41 Å². The summed E-state index contributed by atoms with van der Waals surface area (Å²) in [5, 5.41) is 19.8. The molecular weight excluding hydrogens is 230 g/mol. The molecule has 0 spiro atoms. The number of aromatic nitrogens is 3. The molecule has 0 aliphatic heterocycles. The summed E-state index contributed by atoms with van der Waals surface area (Å²) in [5.41, 5.74) is -0.822. The highest BCUT2D eigenvalue weighted by Crippen LogP contribution is 2.37. The van der Waals surface area contributed by atoms with E-state index in [0.717, 1.165) is 25.2 Å². The molecular formula is C12H17N5O. The van der Waals surface area contributed by atoms with Crippen LogP contribution < -0.4 is 5.32 Å². The van der Waals surface area contributed by atoms with Gasteiger partial charge in [0.1, 0.15) is 11.7 Å². The van der Waals surface area contributed by atoms with Crippen LogP contribution in [-0.4, -0.2) is 20.7 Å². The third kappa shape index (κ3) is 2.21. The Kier molecular flexibility index (Phi) is 3.60. The standard InChI is InChI=1S/C12H17N5O/c1-2-17-9-15-16-10(17)7-14-11(18)12(8-13)5-3-4-6-12/h9H,2-7H2,1H3,(H,14,18). The van der Waals surface area contributed by atoms with Gasteiger partial charge in [-0.2, -0.15) is 5.26 Å². The quantitative estimate of drug-likeness (QED) is 0.860. The summed E-state index contributed by atoms with van der Waals surface area (Å²) in [6.45, 7) is 3.08. The van der Waals surface area contributed by atoms with Crippen molar-refractivity contribution in [1.29, 1.82) is 5.26 Å². The van der Waals surface area contributed by atoms with Crippen molar-refractivity contribution < 1.29 is 4.79 Å². The van der Waals surface area contributed by atoms with Gasteiger partial charge in [0.15, 0.2) is 5.82 Å². The number of carbonyl (C=O) groups excluding carboxylic acids is 1. The van der Waals surface area contributed by atoms with E-state index < -0.39 is 5.41 Å². The van der Waals surface area contributed by atoms with E-state index >= 15 is 0 Å². The van der Waals surface area contributed by atoms with E-state index in [2.05, 4.69) is 21.6 Å². The number of nitrogens with zero attached hydrogens (tertiary/aromatic N) is 4. The van der Waals surface area contributed by atoms with Crippen molar-refractivity contribution in [2.75, 3.05) is 0 Å². The Balaban J connectivity index is 1.98. The molecule has 0 aromatic carbocycles. The zero-order chi connectivity index (χ0) is 13.0. The number of nitriles is 1. The molecule has 2 rings (SSSR count). The summed E-state index contributed by atoms with van der Waals surface area (Å²) in [5.74, 6) is 0.546. The van der Waals surface area contributed by atoms with E-state index in [1.807, 2.05) is 11.5 Å². The number of hydrogen-bond donors (Lipinski definition) is 1. The van der Waals surface area contributed by atoms with Crippen LogP contribution in [0.25, 0.3) is 0 Å². The maximum Gasteiger partial charge on any atom is 0.240 e. The van der Waals surface area contributed by atoms with Gasteiger partial charge in [-0.25, -0.2) is 0 Å². The van der Waals surface area contributed by atoms with Crippen LogP contribution in [0.4, 0.5) is 0 Å². The summed E-state index contributed by atoms with van der Waals surface area (Å²) < 4.78 is 1.87. The Hall–Kier alpha value is -1.90. The van der Waals surface area contributed by atoms with E-state index in [1.165, 1.54) is 0 Å². The lowest BCUT2D eigenvalue weighted by atomic mass is 9.87. The molecule has 1 aromatic heterocycles. The molecule has 1 aliphatic carbocycles. The summed E-state index contributed by atoms with van der Waals surface area (Å²) >= 11 is 0. The van der Waals surface area contributed by atoms with Crippen molar-refractivity contribution in [2.45, 2.75) is 45.7 Å². The second kappa shape index (κ2) is 5.17. The highest BCUT2D eigenvalue weighted by atomic mass is 16.2. The highest BCUT2D eigenvalue weighted by molar-refractivity contribution is 5.85. The fourth-order valence-corrected chi connectivity index (χ4v) is 2.38. The Morgan fingerprint density at radius 2 is 2.33 bits per heavy atom. The predicted molar refractivity (Wildman–Crippen MR) is 64.1 cm³/mol. The lowest BCUT2D eigenvalue weighted by Gasteiger charge is -2.18. The van der Waals surface area contributed by atoms with Gasteiger partial charge in [-0.15, -0.1) is 10.2 Å². The summed E-state index contributed by atoms with van der Waals surface area (Å²) in [6.07, 6.45) is 4.86. The first-order valence-corrected chi connectivity index (χ1v) is 6.28. The first kappa shape index (κ1) is 12.6. The van der Waals surface area contributed by atoms with E-state index in [4.69, 9.17) is 0 Å². The third-order valence-electron chi connectivity index (χ3n) is 3.55. The largest absolute Gasteiger partial charge is 0.347 e. The maximum absolute atomic E-state index is 12.1. The number of aryl methyl sites for hydroxylation is 1. The molecule has 6 heteroatoms. The van der Waals surface area contributed by atoms with Crippen molar-refractivity contribution in [1.82, 2.24) is 20.1 Å². The van der Waals surface area contributed by atoms with Crippen LogP contribution in [0, 0.1) is 16.7 Å². The average Bonchev–Trinajstić information content (AvgIpc) is 3.05. The van der Waals surface area contributed by atoms with Crippen LogP contribution in [0.1, 0.15) is 38.4 Å².